The van der Waals surface area contributed by atoms with Crippen molar-refractivity contribution in [3.63, 3.8) is 0 Å². The van der Waals surface area contributed by atoms with E-state index in [-0.39, 0.29) is 26.1 Å². The van der Waals surface area contributed by atoms with Crippen molar-refractivity contribution < 1.29 is 73.8 Å². The zero-order chi connectivity index (χ0) is 49.6. The minimum absolute atomic E-state index is 0.159. The minimum atomic E-state index is -1.77. The highest BCUT2D eigenvalue weighted by molar-refractivity contribution is 5.70. The van der Waals surface area contributed by atoms with Crippen LogP contribution < -0.4 is 0 Å². The summed E-state index contributed by atoms with van der Waals surface area (Å²) in [7, 11) is 0. The van der Waals surface area contributed by atoms with Gasteiger partial charge in [0.2, 0.25) is 0 Å². The quantitative estimate of drug-likeness (QED) is 0.0175. The van der Waals surface area contributed by atoms with Crippen LogP contribution in [0.1, 0.15) is 206 Å². The standard InChI is InChI=1S/C53H96O15/c1-3-5-7-9-11-13-15-17-19-20-22-24-26-28-30-32-34-36-45(56)66-41(38-63-44(55)35-33-31-29-27-25-23-21-18-16-14-12-10-8-6-4-2)39-64-52-51(62)49(60)47(58)43(68-52)40-65-53-50(61)48(59)46(57)42(37-54)67-53/h17,19,23,25,41-43,46-54,57-62H,3-16,18,20-22,24,26-40H2,1-2H3/b19-17+,25-23+/t41-,42+,43+,46-,47-,48?,49?,50?,51?,52+,53+/m1/s1. The molecule has 15 nitrogen and oxygen atoms in total. The van der Waals surface area contributed by atoms with E-state index < -0.39 is 92.7 Å². The van der Waals surface area contributed by atoms with Gasteiger partial charge in [-0.1, -0.05) is 154 Å². The molecule has 0 spiro atoms. The van der Waals surface area contributed by atoms with Gasteiger partial charge in [-0.05, 0) is 64.2 Å². The Labute approximate surface area is 409 Å². The van der Waals surface area contributed by atoms with E-state index in [4.69, 9.17) is 28.4 Å². The summed E-state index contributed by atoms with van der Waals surface area (Å²) in [6.45, 7) is 2.58. The van der Waals surface area contributed by atoms with Gasteiger partial charge in [0.15, 0.2) is 18.7 Å². The normalized spacial score (nSPS) is 25.9. The average molecular weight is 973 g/mol. The van der Waals surface area contributed by atoms with Crippen molar-refractivity contribution in [3.8, 4) is 0 Å². The molecule has 2 saturated heterocycles. The lowest BCUT2D eigenvalue weighted by atomic mass is 9.98. The molecule has 2 aliphatic rings. The molecule has 2 rings (SSSR count). The number of hydrogen-bond donors (Lipinski definition) is 7. The molecule has 15 heteroatoms. The molecule has 2 heterocycles. The second kappa shape index (κ2) is 40.6. The molecule has 4 unspecified atom stereocenters. The maximum Gasteiger partial charge on any atom is 0.306 e. The fraction of sp³-hybridized carbons (Fsp3) is 0.887. The van der Waals surface area contributed by atoms with Crippen LogP contribution in [-0.4, -0.2) is 142 Å². The van der Waals surface area contributed by atoms with E-state index in [1.807, 2.05) is 0 Å². The second-order valence-corrected chi connectivity index (χ2v) is 19.0. The first-order valence-electron chi connectivity index (χ1n) is 26.9. The topological polar surface area (TPSA) is 231 Å². The molecule has 0 aromatic heterocycles. The van der Waals surface area contributed by atoms with Crippen LogP contribution in [0.2, 0.25) is 0 Å². The Morgan fingerprint density at radius 2 is 0.838 bits per heavy atom. The van der Waals surface area contributed by atoms with Gasteiger partial charge >= 0.3 is 11.9 Å². The summed E-state index contributed by atoms with van der Waals surface area (Å²) < 4.78 is 33.6. The van der Waals surface area contributed by atoms with Crippen LogP contribution in [0, 0.1) is 0 Å². The van der Waals surface area contributed by atoms with Crippen molar-refractivity contribution in [2.75, 3.05) is 26.4 Å². The smallest absolute Gasteiger partial charge is 0.306 e. The summed E-state index contributed by atoms with van der Waals surface area (Å²) in [6.07, 6.45) is 24.9. The van der Waals surface area contributed by atoms with Gasteiger partial charge in [-0.3, -0.25) is 9.59 Å². The van der Waals surface area contributed by atoms with Gasteiger partial charge in [0.1, 0.15) is 55.4 Å². The van der Waals surface area contributed by atoms with E-state index in [0.29, 0.717) is 12.8 Å². The molecule has 0 aliphatic carbocycles. The predicted octanol–water partition coefficient (Wildman–Crippen LogP) is 7.94. The number of carbonyl (C=O) groups excluding carboxylic acids is 2. The lowest BCUT2D eigenvalue weighted by Crippen LogP contribution is -2.61. The highest BCUT2D eigenvalue weighted by atomic mass is 16.7. The molecule has 0 bridgehead atoms. The van der Waals surface area contributed by atoms with E-state index in [0.717, 1.165) is 57.8 Å². The lowest BCUT2D eigenvalue weighted by molar-refractivity contribution is -0.332. The number of unbranched alkanes of at least 4 members (excludes halogenated alkanes) is 24. The Morgan fingerprint density at radius 3 is 1.31 bits per heavy atom. The molecule has 0 amide bonds. The van der Waals surface area contributed by atoms with Crippen molar-refractivity contribution in [1.82, 2.24) is 0 Å². The van der Waals surface area contributed by atoms with E-state index in [1.54, 1.807) is 0 Å². The summed E-state index contributed by atoms with van der Waals surface area (Å²) in [6, 6.07) is 0. The van der Waals surface area contributed by atoms with E-state index in [1.165, 1.54) is 109 Å². The van der Waals surface area contributed by atoms with Crippen molar-refractivity contribution >= 4 is 11.9 Å². The summed E-state index contributed by atoms with van der Waals surface area (Å²) >= 11 is 0. The molecule has 0 aromatic rings. The zero-order valence-electron chi connectivity index (χ0n) is 42.1. The molecule has 0 aromatic carbocycles. The zero-order valence-corrected chi connectivity index (χ0v) is 42.1. The third kappa shape index (κ3) is 28.1. The monoisotopic (exact) mass is 973 g/mol. The number of carbonyl (C=O) groups is 2. The molecular weight excluding hydrogens is 877 g/mol. The third-order valence-electron chi connectivity index (χ3n) is 12.9. The van der Waals surface area contributed by atoms with Crippen molar-refractivity contribution in [3.05, 3.63) is 24.3 Å². The second-order valence-electron chi connectivity index (χ2n) is 19.0. The number of aliphatic hydroxyl groups is 7. The van der Waals surface area contributed by atoms with Crippen LogP contribution in [0.25, 0.3) is 0 Å². The highest BCUT2D eigenvalue weighted by Crippen LogP contribution is 2.26. The van der Waals surface area contributed by atoms with Crippen LogP contribution in [0.3, 0.4) is 0 Å². The average Bonchev–Trinajstić information content (AvgIpc) is 3.33. The third-order valence-corrected chi connectivity index (χ3v) is 12.9. The molecule has 0 saturated carbocycles. The fourth-order valence-corrected chi connectivity index (χ4v) is 8.44. The van der Waals surface area contributed by atoms with Crippen LogP contribution in [-0.2, 0) is 38.0 Å². The first kappa shape index (κ1) is 62.1. The Morgan fingerprint density at radius 1 is 0.456 bits per heavy atom. The molecule has 0 radical (unpaired) electrons. The van der Waals surface area contributed by atoms with Gasteiger partial charge < -0.3 is 64.2 Å². The lowest BCUT2D eigenvalue weighted by Gasteiger charge is -2.42. The summed E-state index contributed by atoms with van der Waals surface area (Å²) in [5.74, 6) is -0.942. The number of esters is 2. The summed E-state index contributed by atoms with van der Waals surface area (Å²) in [5.41, 5.74) is 0. The molecule has 68 heavy (non-hydrogen) atoms. The molecular formula is C53H96O15. The fourth-order valence-electron chi connectivity index (χ4n) is 8.44. The number of rotatable bonds is 42. The molecule has 7 N–H and O–H groups in total. The first-order valence-corrected chi connectivity index (χ1v) is 26.9. The summed E-state index contributed by atoms with van der Waals surface area (Å²) in [5, 5.41) is 72.1. The van der Waals surface area contributed by atoms with Gasteiger partial charge in [0, 0.05) is 12.8 Å². The van der Waals surface area contributed by atoms with Crippen molar-refractivity contribution in [2.45, 2.75) is 274 Å². The first-order chi connectivity index (χ1) is 33.0. The van der Waals surface area contributed by atoms with Gasteiger partial charge in [-0.25, -0.2) is 0 Å². The highest BCUT2D eigenvalue weighted by Gasteiger charge is 2.47. The molecule has 398 valence electrons. The Kier molecular flexibility index (Phi) is 37.0. The summed E-state index contributed by atoms with van der Waals surface area (Å²) in [4.78, 5) is 25.8. The van der Waals surface area contributed by atoms with Gasteiger partial charge in [-0.15, -0.1) is 0 Å². The van der Waals surface area contributed by atoms with E-state index in [9.17, 15) is 45.3 Å². The predicted molar refractivity (Wildman–Crippen MR) is 261 cm³/mol. The van der Waals surface area contributed by atoms with Gasteiger partial charge in [-0.2, -0.15) is 0 Å². The van der Waals surface area contributed by atoms with E-state index in [2.05, 4.69) is 38.2 Å². The number of allylic oxidation sites excluding steroid dienone is 4. The maximum absolute atomic E-state index is 13.0. The molecule has 2 aliphatic heterocycles. The largest absolute Gasteiger partial charge is 0.462 e. The van der Waals surface area contributed by atoms with Crippen molar-refractivity contribution in [2.24, 2.45) is 0 Å². The maximum atomic E-state index is 13.0. The van der Waals surface area contributed by atoms with Crippen molar-refractivity contribution in [1.29, 1.82) is 0 Å². The Hall–Kier alpha value is -2.02. The van der Waals surface area contributed by atoms with Crippen LogP contribution >= 0.6 is 0 Å². The number of aliphatic hydroxyl groups excluding tert-OH is 7. The van der Waals surface area contributed by atoms with Gasteiger partial charge in [0.05, 0.1) is 19.8 Å². The Balaban J connectivity index is 1.80. The SMILES string of the molecule is CCCCCCCC/C=C/CCCCCCCCCC(=O)O[C@H](COC(=O)CCCCC/C=C/CCCCCCCCCC)CO[C@H]1O[C@@H](CO[C@H]2O[C@@H](CO)[C@@H](O)C(O)C2O)[C@@H](O)C(O)C1O. The molecule has 11 atom stereocenters. The van der Waals surface area contributed by atoms with Crippen LogP contribution in [0.5, 0.6) is 0 Å². The van der Waals surface area contributed by atoms with Gasteiger partial charge in [0.25, 0.3) is 0 Å². The number of hydrogen-bond acceptors (Lipinski definition) is 15. The van der Waals surface area contributed by atoms with Crippen LogP contribution in [0.4, 0.5) is 0 Å². The molecule has 2 fully saturated rings. The minimum Gasteiger partial charge on any atom is -0.462 e. The van der Waals surface area contributed by atoms with E-state index >= 15 is 0 Å². The number of ether oxygens (including phenoxy) is 6. The Bertz CT molecular complexity index is 1280. The van der Waals surface area contributed by atoms with Crippen LogP contribution in [0.15, 0.2) is 24.3 Å².